The van der Waals surface area contributed by atoms with Gasteiger partial charge in [0.1, 0.15) is 0 Å². The van der Waals surface area contributed by atoms with Crippen LogP contribution in [0.3, 0.4) is 0 Å². The third-order valence-corrected chi connectivity index (χ3v) is 3.88. The van der Waals surface area contributed by atoms with E-state index in [1.807, 2.05) is 0 Å². The molecule has 0 spiro atoms. The number of hydrogen-bond donors (Lipinski definition) is 2. The molecule has 0 radical (unpaired) electrons. The number of benzene rings is 1. The van der Waals surface area contributed by atoms with E-state index in [1.165, 1.54) is 38.6 Å². The first kappa shape index (κ1) is 9.66. The molecule has 0 saturated heterocycles. The summed E-state index contributed by atoms with van der Waals surface area (Å²) in [6.45, 7) is 0. The third-order valence-electron chi connectivity index (χ3n) is 3.21. The summed E-state index contributed by atoms with van der Waals surface area (Å²) in [7, 11) is 0. The molecule has 1 aliphatic rings. The number of hydrogen-bond acceptors (Lipinski definition) is 1. The van der Waals surface area contributed by atoms with Gasteiger partial charge in [-0.25, -0.2) is 0 Å². The minimum absolute atomic E-state index is 0.207. The lowest BCUT2D eigenvalue weighted by Crippen LogP contribution is -2.16. The Morgan fingerprint density at radius 2 is 2.27 bits per heavy atom. The van der Waals surface area contributed by atoms with E-state index in [2.05, 4.69) is 45.8 Å². The molecular formula is C12H13IN2. The van der Waals surface area contributed by atoms with E-state index < -0.39 is 0 Å². The van der Waals surface area contributed by atoms with Crippen molar-refractivity contribution in [2.75, 3.05) is 0 Å². The summed E-state index contributed by atoms with van der Waals surface area (Å²) in [4.78, 5) is 3.46. The first-order valence-corrected chi connectivity index (χ1v) is 6.39. The summed E-state index contributed by atoms with van der Waals surface area (Å²) in [5.74, 6) is 0. The van der Waals surface area contributed by atoms with Crippen molar-refractivity contribution in [3.63, 3.8) is 0 Å². The second-order valence-electron chi connectivity index (χ2n) is 4.21. The number of aromatic nitrogens is 1. The van der Waals surface area contributed by atoms with Crippen molar-refractivity contribution in [2.45, 2.75) is 25.3 Å². The van der Waals surface area contributed by atoms with Crippen LogP contribution in [0.4, 0.5) is 0 Å². The molecule has 1 aromatic carbocycles. The Balaban J connectivity index is 2.31. The molecule has 1 aromatic heterocycles. The van der Waals surface area contributed by atoms with Crippen molar-refractivity contribution in [1.29, 1.82) is 0 Å². The van der Waals surface area contributed by atoms with Gasteiger partial charge in [0.25, 0.3) is 0 Å². The standard InChI is InChI=1S/C12H13IN2/c13-7-4-5-11-9(6-7)8-2-1-3-10(14)12(8)15-11/h4-6,10,15H,1-3,14H2/t10-/m0/s1. The zero-order chi connectivity index (χ0) is 10.4. The first-order valence-electron chi connectivity index (χ1n) is 5.31. The maximum atomic E-state index is 6.12. The van der Waals surface area contributed by atoms with Gasteiger partial charge in [-0.3, -0.25) is 0 Å². The zero-order valence-corrected chi connectivity index (χ0v) is 10.5. The molecule has 78 valence electrons. The van der Waals surface area contributed by atoms with Crippen LogP contribution in [0.15, 0.2) is 18.2 Å². The fourth-order valence-corrected chi connectivity index (χ4v) is 2.96. The molecule has 0 saturated carbocycles. The SMILES string of the molecule is N[C@H]1CCCc2c1[nH]c1ccc(I)cc21. The lowest BCUT2D eigenvalue weighted by Gasteiger charge is -2.18. The maximum Gasteiger partial charge on any atom is 0.0460 e. The number of aryl methyl sites for hydroxylation is 1. The van der Waals surface area contributed by atoms with Gasteiger partial charge >= 0.3 is 0 Å². The number of halogens is 1. The van der Waals surface area contributed by atoms with Gasteiger partial charge in [-0.15, -0.1) is 0 Å². The molecule has 0 fully saturated rings. The molecule has 0 aliphatic heterocycles. The summed E-state index contributed by atoms with van der Waals surface area (Å²) in [6.07, 6.45) is 3.49. The lowest BCUT2D eigenvalue weighted by molar-refractivity contribution is 0.562. The first-order chi connectivity index (χ1) is 7.25. The fourth-order valence-electron chi connectivity index (χ4n) is 2.47. The highest BCUT2D eigenvalue weighted by molar-refractivity contribution is 14.1. The van der Waals surface area contributed by atoms with Crippen LogP contribution in [0.25, 0.3) is 10.9 Å². The van der Waals surface area contributed by atoms with Crippen LogP contribution in [0.5, 0.6) is 0 Å². The minimum atomic E-state index is 0.207. The molecule has 3 rings (SSSR count). The second kappa shape index (κ2) is 3.49. The topological polar surface area (TPSA) is 41.8 Å². The van der Waals surface area contributed by atoms with Crippen molar-refractivity contribution in [1.82, 2.24) is 4.98 Å². The molecule has 1 heterocycles. The quantitative estimate of drug-likeness (QED) is 0.721. The molecule has 3 heteroatoms. The van der Waals surface area contributed by atoms with Crippen LogP contribution >= 0.6 is 22.6 Å². The average Bonchev–Trinajstić information content (AvgIpc) is 2.58. The highest BCUT2D eigenvalue weighted by Crippen LogP contribution is 2.33. The van der Waals surface area contributed by atoms with E-state index >= 15 is 0 Å². The summed E-state index contributed by atoms with van der Waals surface area (Å²) < 4.78 is 1.29. The van der Waals surface area contributed by atoms with Gasteiger partial charge in [-0.05, 0) is 65.6 Å². The van der Waals surface area contributed by atoms with Gasteiger partial charge in [0.2, 0.25) is 0 Å². The fraction of sp³-hybridized carbons (Fsp3) is 0.333. The van der Waals surface area contributed by atoms with E-state index in [0.29, 0.717) is 0 Å². The summed E-state index contributed by atoms with van der Waals surface area (Å²) in [6, 6.07) is 6.75. The van der Waals surface area contributed by atoms with Crippen LogP contribution in [0, 0.1) is 3.57 Å². The van der Waals surface area contributed by atoms with Crippen LogP contribution in [0.2, 0.25) is 0 Å². The second-order valence-corrected chi connectivity index (χ2v) is 5.45. The Bertz CT molecular complexity index is 516. The van der Waals surface area contributed by atoms with Crippen LogP contribution < -0.4 is 5.73 Å². The molecule has 1 aliphatic carbocycles. The lowest BCUT2D eigenvalue weighted by atomic mass is 9.92. The number of nitrogens with one attached hydrogen (secondary N) is 1. The van der Waals surface area contributed by atoms with E-state index in [9.17, 15) is 0 Å². The van der Waals surface area contributed by atoms with E-state index in [1.54, 1.807) is 0 Å². The van der Waals surface area contributed by atoms with Gasteiger partial charge in [-0.2, -0.15) is 0 Å². The molecule has 1 atom stereocenters. The van der Waals surface area contributed by atoms with Crippen molar-refractivity contribution >= 4 is 33.5 Å². The van der Waals surface area contributed by atoms with Gasteiger partial charge in [-0.1, -0.05) is 0 Å². The largest absolute Gasteiger partial charge is 0.357 e. The van der Waals surface area contributed by atoms with Crippen molar-refractivity contribution in [2.24, 2.45) is 5.73 Å². The van der Waals surface area contributed by atoms with Crippen LogP contribution in [0.1, 0.15) is 30.1 Å². The maximum absolute atomic E-state index is 6.12. The summed E-state index contributed by atoms with van der Waals surface area (Å²) in [5.41, 5.74) is 10.1. The predicted octanol–water partition coefficient (Wildman–Crippen LogP) is 3.11. The molecule has 0 amide bonds. The Kier molecular flexibility index (Phi) is 2.25. The minimum Gasteiger partial charge on any atom is -0.357 e. The zero-order valence-electron chi connectivity index (χ0n) is 8.39. The van der Waals surface area contributed by atoms with Gasteiger partial charge in [0, 0.05) is 26.2 Å². The molecule has 3 N–H and O–H groups in total. The van der Waals surface area contributed by atoms with Crippen LogP contribution in [-0.2, 0) is 6.42 Å². The summed E-state index contributed by atoms with van der Waals surface area (Å²) >= 11 is 2.36. The number of fused-ring (bicyclic) bond motifs is 3. The molecule has 0 unspecified atom stereocenters. The average molecular weight is 312 g/mol. The number of H-pyrrole nitrogens is 1. The highest BCUT2D eigenvalue weighted by atomic mass is 127. The summed E-state index contributed by atoms with van der Waals surface area (Å²) in [5, 5.41) is 1.37. The normalized spacial score (nSPS) is 20.5. The van der Waals surface area contributed by atoms with Crippen molar-refractivity contribution in [3.05, 3.63) is 33.0 Å². The highest BCUT2D eigenvalue weighted by Gasteiger charge is 2.21. The van der Waals surface area contributed by atoms with Gasteiger partial charge in [0.15, 0.2) is 0 Å². The number of rotatable bonds is 0. The van der Waals surface area contributed by atoms with E-state index in [0.717, 1.165) is 6.42 Å². The van der Waals surface area contributed by atoms with E-state index in [-0.39, 0.29) is 6.04 Å². The van der Waals surface area contributed by atoms with Crippen molar-refractivity contribution < 1.29 is 0 Å². The Morgan fingerprint density at radius 1 is 1.40 bits per heavy atom. The van der Waals surface area contributed by atoms with Gasteiger partial charge in [0.05, 0.1) is 0 Å². The van der Waals surface area contributed by atoms with Gasteiger partial charge < -0.3 is 10.7 Å². The monoisotopic (exact) mass is 312 g/mol. The number of aromatic amines is 1. The predicted molar refractivity (Wildman–Crippen MR) is 70.9 cm³/mol. The molecular weight excluding hydrogens is 299 g/mol. The van der Waals surface area contributed by atoms with Crippen molar-refractivity contribution in [3.8, 4) is 0 Å². The molecule has 2 nitrogen and oxygen atoms in total. The molecule has 2 aromatic rings. The molecule has 15 heavy (non-hydrogen) atoms. The molecule has 0 bridgehead atoms. The Labute approximate surface area is 102 Å². The van der Waals surface area contributed by atoms with E-state index in [4.69, 9.17) is 5.73 Å². The smallest absolute Gasteiger partial charge is 0.0460 e. The Morgan fingerprint density at radius 3 is 3.13 bits per heavy atom. The van der Waals surface area contributed by atoms with Crippen LogP contribution in [-0.4, -0.2) is 4.98 Å². The third kappa shape index (κ3) is 1.49. The Hall–Kier alpha value is -0.550. The number of nitrogens with two attached hydrogens (primary N) is 1.